The first-order valence-electron chi connectivity index (χ1n) is 5.99. The quantitative estimate of drug-likeness (QED) is 0.643. The fraction of sp³-hybridized carbons (Fsp3) is 0.909. The fourth-order valence-corrected chi connectivity index (χ4v) is 2.13. The molecule has 2 aliphatic rings. The minimum Gasteiger partial charge on any atom is -0.338 e. The highest BCUT2D eigenvalue weighted by molar-refractivity contribution is 5.74. The Morgan fingerprint density at radius 2 is 2.20 bits per heavy atom. The van der Waals surface area contributed by atoms with Crippen LogP contribution in [0, 0.1) is 11.8 Å². The molecule has 86 valence electrons. The van der Waals surface area contributed by atoms with Crippen LogP contribution in [0.2, 0.25) is 0 Å². The second kappa shape index (κ2) is 4.84. The molecular weight excluding hydrogens is 190 g/mol. The molecule has 1 aliphatic carbocycles. The number of piperidine rings is 1. The maximum atomic E-state index is 11.4. The minimum absolute atomic E-state index is 0.00993. The number of rotatable bonds is 3. The first-order chi connectivity index (χ1) is 7.24. The number of hydrogen-bond acceptors (Lipinski definition) is 2. The summed E-state index contributed by atoms with van der Waals surface area (Å²) in [5.74, 6) is 1.33. The first kappa shape index (κ1) is 10.7. The molecule has 4 heteroatoms. The van der Waals surface area contributed by atoms with Gasteiger partial charge in [0.25, 0.3) is 0 Å². The molecule has 1 saturated carbocycles. The molecule has 2 rings (SSSR count). The van der Waals surface area contributed by atoms with Gasteiger partial charge >= 0.3 is 6.03 Å². The summed E-state index contributed by atoms with van der Waals surface area (Å²) in [5.41, 5.74) is 0. The van der Waals surface area contributed by atoms with Crippen molar-refractivity contribution in [1.82, 2.24) is 16.0 Å². The summed E-state index contributed by atoms with van der Waals surface area (Å²) < 4.78 is 0. The minimum atomic E-state index is 0.00993. The molecule has 0 spiro atoms. The molecule has 2 amide bonds. The Morgan fingerprint density at radius 1 is 1.40 bits per heavy atom. The summed E-state index contributed by atoms with van der Waals surface area (Å²) in [4.78, 5) is 11.4. The average Bonchev–Trinajstić information content (AvgIpc) is 2.99. The van der Waals surface area contributed by atoms with E-state index in [9.17, 15) is 4.79 Å². The standard InChI is InChI=1S/C11H21N3O/c1-8-4-9(6-12-5-8)7-13-11(15)14-10-2-3-10/h8-10,12H,2-7H2,1H3,(H2,13,14,15). The molecule has 0 bridgehead atoms. The number of nitrogens with one attached hydrogen (secondary N) is 3. The molecule has 0 aromatic heterocycles. The molecular formula is C11H21N3O. The number of hydrogen-bond donors (Lipinski definition) is 3. The van der Waals surface area contributed by atoms with Crippen LogP contribution in [0.15, 0.2) is 0 Å². The highest BCUT2D eigenvalue weighted by atomic mass is 16.2. The summed E-state index contributed by atoms with van der Waals surface area (Å²) in [6.45, 7) is 5.21. The molecule has 0 aromatic carbocycles. The van der Waals surface area contributed by atoms with Crippen molar-refractivity contribution >= 4 is 6.03 Å². The molecule has 4 nitrogen and oxygen atoms in total. The van der Waals surface area contributed by atoms with E-state index in [1.165, 1.54) is 6.42 Å². The predicted molar refractivity (Wildman–Crippen MR) is 59.7 cm³/mol. The SMILES string of the molecule is CC1CNCC(CNC(=O)NC2CC2)C1. The largest absolute Gasteiger partial charge is 0.338 e. The van der Waals surface area contributed by atoms with Crippen LogP contribution in [-0.2, 0) is 0 Å². The van der Waals surface area contributed by atoms with Crippen molar-refractivity contribution in [1.29, 1.82) is 0 Å². The van der Waals surface area contributed by atoms with Gasteiger partial charge in [0, 0.05) is 12.6 Å². The second-order valence-corrected chi connectivity index (χ2v) is 4.99. The third-order valence-corrected chi connectivity index (χ3v) is 3.13. The Bertz CT molecular complexity index is 228. The number of carbonyl (C=O) groups excluding carboxylic acids is 1. The van der Waals surface area contributed by atoms with Crippen molar-refractivity contribution < 1.29 is 4.79 Å². The van der Waals surface area contributed by atoms with Crippen LogP contribution in [-0.4, -0.2) is 31.7 Å². The Balaban J connectivity index is 1.61. The number of amides is 2. The molecule has 2 fully saturated rings. The second-order valence-electron chi connectivity index (χ2n) is 4.99. The molecule has 1 aliphatic heterocycles. The maximum absolute atomic E-state index is 11.4. The van der Waals surface area contributed by atoms with Gasteiger partial charge in [0.15, 0.2) is 0 Å². The van der Waals surface area contributed by atoms with Gasteiger partial charge in [0.1, 0.15) is 0 Å². The van der Waals surface area contributed by atoms with E-state index in [-0.39, 0.29) is 6.03 Å². The van der Waals surface area contributed by atoms with Gasteiger partial charge in [-0.2, -0.15) is 0 Å². The molecule has 0 aromatic rings. The number of urea groups is 1. The Hall–Kier alpha value is -0.770. The van der Waals surface area contributed by atoms with E-state index in [1.54, 1.807) is 0 Å². The maximum Gasteiger partial charge on any atom is 0.315 e. The van der Waals surface area contributed by atoms with Crippen LogP contribution >= 0.6 is 0 Å². The van der Waals surface area contributed by atoms with E-state index in [0.29, 0.717) is 12.0 Å². The molecule has 2 atom stereocenters. The summed E-state index contributed by atoms with van der Waals surface area (Å²) in [5, 5.41) is 9.28. The van der Waals surface area contributed by atoms with E-state index in [0.717, 1.165) is 38.4 Å². The van der Waals surface area contributed by atoms with E-state index in [2.05, 4.69) is 22.9 Å². The zero-order valence-corrected chi connectivity index (χ0v) is 9.38. The van der Waals surface area contributed by atoms with E-state index in [1.807, 2.05) is 0 Å². The van der Waals surface area contributed by atoms with Crippen molar-refractivity contribution in [2.45, 2.75) is 32.2 Å². The smallest absolute Gasteiger partial charge is 0.315 e. The monoisotopic (exact) mass is 211 g/mol. The lowest BCUT2D eigenvalue weighted by Crippen LogP contribution is -2.44. The van der Waals surface area contributed by atoms with Crippen LogP contribution < -0.4 is 16.0 Å². The van der Waals surface area contributed by atoms with Crippen molar-refractivity contribution in [3.8, 4) is 0 Å². The van der Waals surface area contributed by atoms with Crippen LogP contribution in [0.4, 0.5) is 4.79 Å². The van der Waals surface area contributed by atoms with Crippen LogP contribution in [0.5, 0.6) is 0 Å². The van der Waals surface area contributed by atoms with Crippen LogP contribution in [0.25, 0.3) is 0 Å². The van der Waals surface area contributed by atoms with Gasteiger partial charge in [-0.05, 0) is 44.2 Å². The zero-order valence-electron chi connectivity index (χ0n) is 9.38. The zero-order chi connectivity index (χ0) is 10.7. The lowest BCUT2D eigenvalue weighted by atomic mass is 9.92. The molecule has 0 radical (unpaired) electrons. The van der Waals surface area contributed by atoms with Crippen molar-refractivity contribution in [3.63, 3.8) is 0 Å². The fourth-order valence-electron chi connectivity index (χ4n) is 2.13. The third kappa shape index (κ3) is 3.70. The Kier molecular flexibility index (Phi) is 3.46. The van der Waals surface area contributed by atoms with Crippen LogP contribution in [0.1, 0.15) is 26.2 Å². The molecule has 2 unspecified atom stereocenters. The van der Waals surface area contributed by atoms with Gasteiger partial charge in [-0.15, -0.1) is 0 Å². The van der Waals surface area contributed by atoms with Gasteiger partial charge in [-0.3, -0.25) is 0 Å². The van der Waals surface area contributed by atoms with E-state index in [4.69, 9.17) is 0 Å². The van der Waals surface area contributed by atoms with E-state index < -0.39 is 0 Å². The van der Waals surface area contributed by atoms with Gasteiger partial charge in [0.05, 0.1) is 0 Å². The Labute approximate surface area is 91.2 Å². The lowest BCUT2D eigenvalue weighted by Gasteiger charge is -2.27. The third-order valence-electron chi connectivity index (χ3n) is 3.13. The Morgan fingerprint density at radius 3 is 2.87 bits per heavy atom. The topological polar surface area (TPSA) is 53.2 Å². The van der Waals surface area contributed by atoms with E-state index >= 15 is 0 Å². The lowest BCUT2D eigenvalue weighted by molar-refractivity contribution is 0.233. The highest BCUT2D eigenvalue weighted by Crippen LogP contribution is 2.18. The first-order valence-corrected chi connectivity index (χ1v) is 5.99. The van der Waals surface area contributed by atoms with Crippen molar-refractivity contribution in [2.24, 2.45) is 11.8 Å². The van der Waals surface area contributed by atoms with Gasteiger partial charge in [-0.25, -0.2) is 4.79 Å². The summed E-state index contributed by atoms with van der Waals surface area (Å²) in [7, 11) is 0. The summed E-state index contributed by atoms with van der Waals surface area (Å²) in [6, 6.07) is 0.462. The molecule has 3 N–H and O–H groups in total. The highest BCUT2D eigenvalue weighted by Gasteiger charge is 2.24. The number of carbonyl (C=O) groups is 1. The van der Waals surface area contributed by atoms with Gasteiger partial charge < -0.3 is 16.0 Å². The summed E-state index contributed by atoms with van der Waals surface area (Å²) >= 11 is 0. The van der Waals surface area contributed by atoms with Gasteiger partial charge in [-0.1, -0.05) is 6.92 Å². The van der Waals surface area contributed by atoms with Crippen molar-refractivity contribution in [3.05, 3.63) is 0 Å². The van der Waals surface area contributed by atoms with Gasteiger partial charge in [0.2, 0.25) is 0 Å². The predicted octanol–water partition coefficient (Wildman–Crippen LogP) is 0.694. The summed E-state index contributed by atoms with van der Waals surface area (Å²) in [6.07, 6.45) is 3.52. The molecule has 1 saturated heterocycles. The van der Waals surface area contributed by atoms with Crippen LogP contribution in [0.3, 0.4) is 0 Å². The molecule has 1 heterocycles. The normalized spacial score (nSPS) is 31.0. The molecule has 15 heavy (non-hydrogen) atoms. The average molecular weight is 211 g/mol. The van der Waals surface area contributed by atoms with Crippen molar-refractivity contribution in [2.75, 3.05) is 19.6 Å².